The first-order chi connectivity index (χ1) is 13.8. The van der Waals surface area contributed by atoms with Crippen LogP contribution in [0.4, 0.5) is 10.8 Å². The topological polar surface area (TPSA) is 101 Å². The molecule has 3 aromatic rings. The van der Waals surface area contributed by atoms with Gasteiger partial charge in [-0.2, -0.15) is 0 Å². The lowest BCUT2D eigenvalue weighted by molar-refractivity contribution is 0.102. The molecule has 1 heterocycles. The predicted octanol–water partition coefficient (Wildman–Crippen LogP) is 4.09. The summed E-state index contributed by atoms with van der Waals surface area (Å²) < 4.78 is 28.0. The van der Waals surface area contributed by atoms with E-state index in [2.05, 4.69) is 20.2 Å². The first-order valence-corrected chi connectivity index (χ1v) is 11.5. The molecule has 1 aliphatic carbocycles. The summed E-state index contributed by atoms with van der Waals surface area (Å²) in [4.78, 5) is 12.7. The van der Waals surface area contributed by atoms with Gasteiger partial charge in [-0.15, -0.1) is 10.2 Å². The number of aromatic nitrogens is 2. The van der Waals surface area contributed by atoms with E-state index in [1.54, 1.807) is 25.1 Å². The number of benzene rings is 2. The average molecular weight is 429 g/mol. The highest BCUT2D eigenvalue weighted by Crippen LogP contribution is 2.42. The van der Waals surface area contributed by atoms with E-state index in [-0.39, 0.29) is 10.5 Å². The lowest BCUT2D eigenvalue weighted by Gasteiger charge is -2.11. The maximum Gasteiger partial charge on any atom is 0.261 e. The second-order valence-electron chi connectivity index (χ2n) is 7.12. The summed E-state index contributed by atoms with van der Waals surface area (Å²) in [5.41, 5.74) is 2.44. The molecule has 1 saturated carbocycles. The minimum absolute atomic E-state index is 0.0183. The zero-order chi connectivity index (χ0) is 20.6. The van der Waals surface area contributed by atoms with Crippen molar-refractivity contribution in [1.82, 2.24) is 10.2 Å². The van der Waals surface area contributed by atoms with Crippen LogP contribution in [0.5, 0.6) is 0 Å². The molecule has 9 heteroatoms. The van der Waals surface area contributed by atoms with Crippen molar-refractivity contribution in [3.63, 3.8) is 0 Å². The third-order valence-corrected chi connectivity index (χ3v) is 7.04. The Labute approximate surface area is 173 Å². The molecular formula is C20H20N4O3S2. The van der Waals surface area contributed by atoms with Gasteiger partial charge < -0.3 is 0 Å². The number of sulfonamides is 1. The van der Waals surface area contributed by atoms with E-state index in [0.29, 0.717) is 22.3 Å². The minimum atomic E-state index is -3.83. The molecule has 1 aliphatic rings. The molecule has 1 fully saturated rings. The molecule has 150 valence electrons. The normalized spacial score (nSPS) is 13.9. The van der Waals surface area contributed by atoms with Gasteiger partial charge in [-0.1, -0.05) is 35.1 Å². The monoisotopic (exact) mass is 428 g/mol. The van der Waals surface area contributed by atoms with Crippen LogP contribution in [0.2, 0.25) is 0 Å². The summed E-state index contributed by atoms with van der Waals surface area (Å²) in [5, 5.41) is 12.2. The van der Waals surface area contributed by atoms with Crippen molar-refractivity contribution in [2.75, 3.05) is 10.0 Å². The Morgan fingerprint density at radius 2 is 1.79 bits per heavy atom. The van der Waals surface area contributed by atoms with Crippen LogP contribution in [-0.2, 0) is 10.0 Å². The number of nitrogens with zero attached hydrogens (tertiary/aromatic N) is 2. The van der Waals surface area contributed by atoms with Gasteiger partial charge in [0.25, 0.3) is 15.9 Å². The third-order valence-electron chi connectivity index (χ3n) is 4.66. The van der Waals surface area contributed by atoms with Gasteiger partial charge in [0.1, 0.15) is 5.01 Å². The van der Waals surface area contributed by atoms with Crippen molar-refractivity contribution in [3.8, 4) is 0 Å². The fraction of sp³-hybridized carbons (Fsp3) is 0.250. The fourth-order valence-corrected chi connectivity index (χ4v) is 4.79. The van der Waals surface area contributed by atoms with Gasteiger partial charge in [-0.05, 0) is 56.5 Å². The molecular weight excluding hydrogens is 408 g/mol. The Balaban J connectivity index is 1.55. The Morgan fingerprint density at radius 3 is 2.48 bits per heavy atom. The van der Waals surface area contributed by atoms with Crippen molar-refractivity contribution in [2.24, 2.45) is 0 Å². The molecule has 0 saturated heterocycles. The number of anilines is 2. The van der Waals surface area contributed by atoms with Crippen molar-refractivity contribution < 1.29 is 13.2 Å². The van der Waals surface area contributed by atoms with Gasteiger partial charge in [0.2, 0.25) is 5.13 Å². The summed E-state index contributed by atoms with van der Waals surface area (Å²) in [6.45, 7) is 3.68. The molecule has 0 atom stereocenters. The Kier molecular flexibility index (Phi) is 5.10. The molecule has 0 aliphatic heterocycles. The Bertz CT molecular complexity index is 1170. The van der Waals surface area contributed by atoms with E-state index in [4.69, 9.17) is 0 Å². The quantitative estimate of drug-likeness (QED) is 0.616. The molecule has 2 N–H and O–H groups in total. The molecule has 4 rings (SSSR count). The fourth-order valence-electron chi connectivity index (χ4n) is 2.79. The van der Waals surface area contributed by atoms with Crippen LogP contribution in [0.3, 0.4) is 0 Å². The van der Waals surface area contributed by atoms with Crippen LogP contribution in [0.25, 0.3) is 0 Å². The average Bonchev–Trinajstić information content (AvgIpc) is 3.43. The standard InChI is InChI=1S/C20H20N4O3S2/c1-12-3-8-15(9-4-12)24-29(26,27)16-10-5-13(2)17(11-16)18(25)21-20-23-22-19(28-20)14-6-7-14/h3-5,8-11,14,24H,6-7H2,1-2H3,(H,21,23,25). The first kappa shape index (κ1) is 19.5. The highest BCUT2D eigenvalue weighted by molar-refractivity contribution is 7.92. The van der Waals surface area contributed by atoms with E-state index in [9.17, 15) is 13.2 Å². The molecule has 1 aromatic heterocycles. The number of hydrogen-bond acceptors (Lipinski definition) is 6. The zero-order valence-electron chi connectivity index (χ0n) is 16.0. The van der Waals surface area contributed by atoms with Crippen molar-refractivity contribution in [2.45, 2.75) is 37.5 Å². The molecule has 7 nitrogen and oxygen atoms in total. The first-order valence-electron chi connectivity index (χ1n) is 9.17. The minimum Gasteiger partial charge on any atom is -0.296 e. The van der Waals surface area contributed by atoms with Gasteiger partial charge in [0, 0.05) is 17.2 Å². The molecule has 29 heavy (non-hydrogen) atoms. The van der Waals surface area contributed by atoms with Gasteiger partial charge in [0.05, 0.1) is 4.90 Å². The number of hydrogen-bond donors (Lipinski definition) is 2. The lowest BCUT2D eigenvalue weighted by Crippen LogP contribution is -2.17. The van der Waals surface area contributed by atoms with E-state index in [1.807, 2.05) is 19.1 Å². The number of nitrogens with one attached hydrogen (secondary N) is 2. The van der Waals surface area contributed by atoms with Crippen LogP contribution in [0.1, 0.15) is 45.3 Å². The Morgan fingerprint density at radius 1 is 1.07 bits per heavy atom. The summed E-state index contributed by atoms with van der Waals surface area (Å²) >= 11 is 1.36. The van der Waals surface area contributed by atoms with E-state index in [0.717, 1.165) is 23.4 Å². The molecule has 0 unspecified atom stereocenters. The van der Waals surface area contributed by atoms with Gasteiger partial charge in [-0.25, -0.2) is 8.42 Å². The van der Waals surface area contributed by atoms with Crippen molar-refractivity contribution in [1.29, 1.82) is 0 Å². The number of carbonyl (C=O) groups excluding carboxylic acids is 1. The van der Waals surface area contributed by atoms with Gasteiger partial charge in [0.15, 0.2) is 0 Å². The second-order valence-corrected chi connectivity index (χ2v) is 9.81. The molecule has 2 aromatic carbocycles. The highest BCUT2D eigenvalue weighted by Gasteiger charge is 2.28. The molecule has 0 radical (unpaired) electrons. The summed E-state index contributed by atoms with van der Waals surface area (Å²) in [6.07, 6.45) is 2.21. The smallest absolute Gasteiger partial charge is 0.261 e. The van der Waals surface area contributed by atoms with Gasteiger partial charge >= 0.3 is 0 Å². The largest absolute Gasteiger partial charge is 0.296 e. The van der Waals surface area contributed by atoms with Crippen LogP contribution >= 0.6 is 11.3 Å². The number of carbonyl (C=O) groups is 1. The third kappa shape index (κ3) is 4.46. The predicted molar refractivity (Wildman–Crippen MR) is 113 cm³/mol. The van der Waals surface area contributed by atoms with Crippen LogP contribution in [0.15, 0.2) is 47.4 Å². The van der Waals surface area contributed by atoms with Crippen molar-refractivity contribution >= 4 is 38.1 Å². The SMILES string of the molecule is Cc1ccc(NS(=O)(=O)c2ccc(C)c(C(=O)Nc3nnc(C4CC4)s3)c2)cc1. The van der Waals surface area contributed by atoms with Gasteiger partial charge in [-0.3, -0.25) is 14.8 Å². The molecule has 0 bridgehead atoms. The number of aryl methyl sites for hydroxylation is 2. The summed E-state index contributed by atoms with van der Waals surface area (Å²) in [5.74, 6) is 0.0505. The van der Waals surface area contributed by atoms with Crippen LogP contribution < -0.4 is 10.0 Å². The summed E-state index contributed by atoms with van der Waals surface area (Å²) in [6, 6.07) is 11.5. The highest BCUT2D eigenvalue weighted by atomic mass is 32.2. The lowest BCUT2D eigenvalue weighted by atomic mass is 10.1. The molecule has 0 spiro atoms. The number of amides is 1. The van der Waals surface area contributed by atoms with Crippen LogP contribution in [-0.4, -0.2) is 24.5 Å². The Hall–Kier alpha value is -2.78. The zero-order valence-corrected chi connectivity index (χ0v) is 17.6. The number of rotatable bonds is 6. The second kappa shape index (κ2) is 7.57. The van der Waals surface area contributed by atoms with E-state index >= 15 is 0 Å². The molecule has 1 amide bonds. The van der Waals surface area contributed by atoms with Crippen LogP contribution in [0, 0.1) is 13.8 Å². The maximum absolute atomic E-state index is 12.8. The van der Waals surface area contributed by atoms with E-state index in [1.165, 1.54) is 23.5 Å². The summed E-state index contributed by atoms with van der Waals surface area (Å²) in [7, 11) is -3.83. The van der Waals surface area contributed by atoms with Crippen molar-refractivity contribution in [3.05, 3.63) is 64.2 Å². The van der Waals surface area contributed by atoms with E-state index < -0.39 is 15.9 Å². The maximum atomic E-state index is 12.8.